The minimum Gasteiger partial charge on any atom is -0.392 e. The Morgan fingerprint density at radius 2 is 1.69 bits per heavy atom. The van der Waals surface area contributed by atoms with Crippen molar-refractivity contribution in [1.82, 2.24) is 0 Å². The molecule has 0 saturated carbocycles. The van der Waals surface area contributed by atoms with Crippen LogP contribution >= 0.6 is 0 Å². The Morgan fingerprint density at radius 3 is 2.15 bits per heavy atom. The molecule has 0 saturated heterocycles. The second kappa shape index (κ2) is 4.30. The summed E-state index contributed by atoms with van der Waals surface area (Å²) in [5.41, 5.74) is 6.23. The number of halogens is 2. The molecule has 13 heavy (non-hydrogen) atoms. The van der Waals surface area contributed by atoms with E-state index in [1.807, 2.05) is 0 Å². The zero-order valence-corrected chi connectivity index (χ0v) is 7.06. The topological polar surface area (TPSA) is 46.2 Å². The number of aliphatic hydroxyl groups is 1. The van der Waals surface area contributed by atoms with Gasteiger partial charge >= 0.3 is 0 Å². The highest BCUT2D eigenvalue weighted by Crippen LogP contribution is 2.15. The molecule has 0 aliphatic carbocycles. The molecule has 0 aromatic heterocycles. The Bertz CT molecular complexity index is 302. The van der Waals surface area contributed by atoms with Crippen molar-refractivity contribution in [3.05, 3.63) is 34.9 Å². The van der Waals surface area contributed by atoms with Crippen LogP contribution in [0.4, 0.5) is 8.78 Å². The fraction of sp³-hybridized carbons (Fsp3) is 0.333. The van der Waals surface area contributed by atoms with Gasteiger partial charge in [-0.25, -0.2) is 8.78 Å². The number of rotatable bonds is 3. The molecule has 4 heteroatoms. The lowest BCUT2D eigenvalue weighted by molar-refractivity contribution is 0.279. The highest BCUT2D eigenvalue weighted by atomic mass is 19.2. The first-order valence-corrected chi connectivity index (χ1v) is 3.96. The summed E-state index contributed by atoms with van der Waals surface area (Å²) in [5, 5.41) is 8.83. The normalized spacial score (nSPS) is 10.5. The van der Waals surface area contributed by atoms with Crippen molar-refractivity contribution in [3.8, 4) is 0 Å². The summed E-state index contributed by atoms with van der Waals surface area (Å²) in [7, 11) is 0. The molecule has 0 heterocycles. The van der Waals surface area contributed by atoms with E-state index in [0.29, 0.717) is 24.1 Å². The maximum atomic E-state index is 12.7. The zero-order chi connectivity index (χ0) is 9.84. The van der Waals surface area contributed by atoms with E-state index in [2.05, 4.69) is 0 Å². The zero-order valence-electron chi connectivity index (χ0n) is 7.06. The highest BCUT2D eigenvalue weighted by molar-refractivity contribution is 5.28. The third-order valence-corrected chi connectivity index (χ3v) is 1.83. The number of hydrogen-bond donors (Lipinski definition) is 2. The summed E-state index contributed by atoms with van der Waals surface area (Å²) >= 11 is 0. The van der Waals surface area contributed by atoms with Gasteiger partial charge in [0.15, 0.2) is 11.6 Å². The molecule has 0 unspecified atom stereocenters. The number of benzene rings is 1. The third-order valence-electron chi connectivity index (χ3n) is 1.83. The quantitative estimate of drug-likeness (QED) is 0.740. The van der Waals surface area contributed by atoms with Crippen LogP contribution in [0.3, 0.4) is 0 Å². The fourth-order valence-corrected chi connectivity index (χ4v) is 1.16. The predicted octanol–water partition coefficient (Wildman–Crippen LogP) is 0.958. The summed E-state index contributed by atoms with van der Waals surface area (Å²) in [5.74, 6) is -1.84. The van der Waals surface area contributed by atoms with Crippen molar-refractivity contribution in [3.63, 3.8) is 0 Å². The van der Waals surface area contributed by atoms with Gasteiger partial charge in [0, 0.05) is 0 Å². The maximum absolute atomic E-state index is 12.7. The van der Waals surface area contributed by atoms with E-state index in [0.717, 1.165) is 12.1 Å². The van der Waals surface area contributed by atoms with Gasteiger partial charge in [0.1, 0.15) is 0 Å². The van der Waals surface area contributed by atoms with Gasteiger partial charge in [0.2, 0.25) is 0 Å². The van der Waals surface area contributed by atoms with Crippen LogP contribution in [0, 0.1) is 11.6 Å². The molecular formula is C9H11F2NO. The molecule has 0 spiro atoms. The summed E-state index contributed by atoms with van der Waals surface area (Å²) in [4.78, 5) is 0. The largest absolute Gasteiger partial charge is 0.392 e. The average Bonchev–Trinajstić information content (AvgIpc) is 2.11. The van der Waals surface area contributed by atoms with Crippen molar-refractivity contribution >= 4 is 0 Å². The molecule has 0 aliphatic rings. The van der Waals surface area contributed by atoms with E-state index >= 15 is 0 Å². The minimum atomic E-state index is -0.940. The molecule has 1 aromatic carbocycles. The van der Waals surface area contributed by atoms with Gasteiger partial charge in [0.25, 0.3) is 0 Å². The van der Waals surface area contributed by atoms with Crippen molar-refractivity contribution < 1.29 is 13.9 Å². The second-order valence-electron chi connectivity index (χ2n) is 2.73. The molecule has 0 fully saturated rings. The first-order valence-electron chi connectivity index (χ1n) is 3.96. The average molecular weight is 187 g/mol. The van der Waals surface area contributed by atoms with Crippen LogP contribution in [0.2, 0.25) is 0 Å². The van der Waals surface area contributed by atoms with Crippen molar-refractivity contribution in [2.45, 2.75) is 13.0 Å². The molecule has 1 aromatic rings. The maximum Gasteiger partial charge on any atom is 0.159 e. The number of aliphatic hydroxyl groups excluding tert-OH is 1. The lowest BCUT2D eigenvalue weighted by Gasteiger charge is -2.06. The Morgan fingerprint density at radius 1 is 1.15 bits per heavy atom. The Balaban J connectivity index is 3.09. The van der Waals surface area contributed by atoms with E-state index in [1.165, 1.54) is 0 Å². The Hall–Kier alpha value is -1.00. The number of hydrogen-bond acceptors (Lipinski definition) is 2. The van der Waals surface area contributed by atoms with E-state index in [4.69, 9.17) is 10.8 Å². The van der Waals surface area contributed by atoms with E-state index < -0.39 is 11.6 Å². The van der Waals surface area contributed by atoms with E-state index in [-0.39, 0.29) is 6.61 Å². The van der Waals surface area contributed by atoms with Gasteiger partial charge in [-0.3, -0.25) is 0 Å². The van der Waals surface area contributed by atoms with Crippen LogP contribution in [0.5, 0.6) is 0 Å². The smallest absolute Gasteiger partial charge is 0.159 e. The lowest BCUT2D eigenvalue weighted by atomic mass is 10.0. The number of nitrogens with two attached hydrogens (primary N) is 1. The van der Waals surface area contributed by atoms with Crippen LogP contribution in [0.1, 0.15) is 11.1 Å². The standard InChI is InChI=1S/C9H11F2NO/c10-8-3-6(1-2-12)7(5-13)4-9(8)11/h3-4,13H,1-2,5,12H2. The van der Waals surface area contributed by atoms with Crippen molar-refractivity contribution in [2.24, 2.45) is 5.73 Å². The van der Waals surface area contributed by atoms with E-state index in [9.17, 15) is 8.78 Å². The van der Waals surface area contributed by atoms with Crippen LogP contribution in [0.15, 0.2) is 12.1 Å². The Kier molecular flexibility index (Phi) is 3.33. The first kappa shape index (κ1) is 10.1. The molecule has 0 aliphatic heterocycles. The molecule has 0 radical (unpaired) electrons. The SMILES string of the molecule is NCCc1cc(F)c(F)cc1CO. The molecule has 72 valence electrons. The molecular weight excluding hydrogens is 176 g/mol. The summed E-state index contributed by atoms with van der Waals surface area (Å²) < 4.78 is 25.4. The molecule has 3 N–H and O–H groups in total. The van der Waals surface area contributed by atoms with Crippen LogP contribution in [-0.4, -0.2) is 11.7 Å². The molecule has 1 rings (SSSR count). The third kappa shape index (κ3) is 2.23. The van der Waals surface area contributed by atoms with Crippen LogP contribution in [0.25, 0.3) is 0 Å². The summed E-state index contributed by atoms with van der Waals surface area (Å²) in [6.07, 6.45) is 0.438. The fourth-order valence-electron chi connectivity index (χ4n) is 1.16. The molecule has 0 atom stereocenters. The summed E-state index contributed by atoms with van der Waals surface area (Å²) in [6.45, 7) is 0.0462. The molecule has 2 nitrogen and oxygen atoms in total. The predicted molar refractivity (Wildman–Crippen MR) is 45.0 cm³/mol. The van der Waals surface area contributed by atoms with Gasteiger partial charge in [-0.1, -0.05) is 0 Å². The van der Waals surface area contributed by atoms with Crippen LogP contribution < -0.4 is 5.73 Å². The van der Waals surface area contributed by atoms with Crippen molar-refractivity contribution in [1.29, 1.82) is 0 Å². The lowest BCUT2D eigenvalue weighted by Crippen LogP contribution is -2.06. The van der Waals surface area contributed by atoms with Gasteiger partial charge in [-0.15, -0.1) is 0 Å². The van der Waals surface area contributed by atoms with Gasteiger partial charge in [-0.2, -0.15) is 0 Å². The van der Waals surface area contributed by atoms with Gasteiger partial charge in [0.05, 0.1) is 6.61 Å². The molecule has 0 bridgehead atoms. The second-order valence-corrected chi connectivity index (χ2v) is 2.73. The van der Waals surface area contributed by atoms with Gasteiger partial charge in [-0.05, 0) is 36.2 Å². The van der Waals surface area contributed by atoms with Crippen molar-refractivity contribution in [2.75, 3.05) is 6.54 Å². The minimum absolute atomic E-state index is 0.299. The van der Waals surface area contributed by atoms with Gasteiger partial charge < -0.3 is 10.8 Å². The Labute approximate surface area is 75.0 Å². The van der Waals surface area contributed by atoms with E-state index in [1.54, 1.807) is 0 Å². The summed E-state index contributed by atoms with van der Waals surface area (Å²) in [6, 6.07) is 2.08. The van der Waals surface area contributed by atoms with Crippen LogP contribution in [-0.2, 0) is 13.0 Å². The first-order chi connectivity index (χ1) is 6.19. The monoisotopic (exact) mass is 187 g/mol. The highest BCUT2D eigenvalue weighted by Gasteiger charge is 2.08. The molecule has 0 amide bonds.